The Kier molecular flexibility index (Phi) is 4.62. The summed E-state index contributed by atoms with van der Waals surface area (Å²) in [6, 6.07) is 0. The first-order valence-electron chi connectivity index (χ1n) is 4.13. The third kappa shape index (κ3) is 2.26. The van der Waals surface area contributed by atoms with E-state index in [1.165, 1.54) is 13.8 Å². The van der Waals surface area contributed by atoms with Gasteiger partial charge in [0.05, 0.1) is 16.3 Å². The Morgan fingerprint density at radius 2 is 1.53 bits per heavy atom. The topological polar surface area (TPSA) is 74.6 Å². The maximum atomic E-state index is 11.2. The highest BCUT2D eigenvalue weighted by Gasteiger charge is 2.52. The van der Waals surface area contributed by atoms with Crippen molar-refractivity contribution in [1.29, 1.82) is 0 Å². The van der Waals surface area contributed by atoms with Gasteiger partial charge in [-0.3, -0.25) is 4.79 Å². The summed E-state index contributed by atoms with van der Waals surface area (Å²) in [5, 5.41) is 15.9. The Labute approximate surface area is 97.5 Å². The first-order chi connectivity index (χ1) is 6.68. The number of carboxylic acids is 2. The van der Waals surface area contributed by atoms with Crippen LogP contribution in [0.4, 0.5) is 0 Å². The lowest BCUT2D eigenvalue weighted by Crippen LogP contribution is -2.48. The Balaban J connectivity index is 5.64. The van der Waals surface area contributed by atoms with Crippen molar-refractivity contribution in [2.45, 2.75) is 24.6 Å². The summed E-state index contributed by atoms with van der Waals surface area (Å²) in [7, 11) is 0. The zero-order valence-corrected chi connectivity index (χ0v) is 9.84. The minimum atomic E-state index is -1.87. The van der Waals surface area contributed by atoms with Crippen molar-refractivity contribution in [2.75, 3.05) is 0 Å². The van der Waals surface area contributed by atoms with E-state index in [-0.39, 0.29) is 0 Å². The molecule has 0 spiro atoms. The van der Waals surface area contributed by atoms with Gasteiger partial charge in [-0.15, -0.1) is 23.2 Å². The smallest absolute Gasteiger partial charge is 0.332 e. The average Bonchev–Trinajstić information content (AvgIpc) is 2.02. The maximum Gasteiger partial charge on any atom is 0.332 e. The molecule has 0 bridgehead atoms. The summed E-state index contributed by atoms with van der Waals surface area (Å²) in [6.45, 7) is 6.00. The highest BCUT2D eigenvalue weighted by molar-refractivity contribution is 6.28. The Morgan fingerprint density at radius 1 is 1.20 bits per heavy atom. The molecule has 86 valence electrons. The monoisotopic (exact) mass is 254 g/mol. The second-order valence-corrected chi connectivity index (χ2v) is 4.50. The molecule has 0 rings (SSSR count). The maximum absolute atomic E-state index is 11.2. The van der Waals surface area contributed by atoms with Gasteiger partial charge >= 0.3 is 11.9 Å². The molecule has 6 heteroatoms. The molecule has 2 N–H and O–H groups in total. The van der Waals surface area contributed by atoms with E-state index < -0.39 is 33.7 Å². The number of alkyl halides is 2. The van der Waals surface area contributed by atoms with Gasteiger partial charge in [0.1, 0.15) is 5.41 Å². The standard InChI is InChI=1S/C9H12Cl2O4/c1-4(7(12)13)9(5(2)10,6(3)11)8(14)15/h5-6H,1H2,2-3H3,(H,12,13)(H,14,15). The Morgan fingerprint density at radius 3 is 1.60 bits per heavy atom. The number of hydrogen-bond donors (Lipinski definition) is 2. The lowest BCUT2D eigenvalue weighted by molar-refractivity contribution is -0.150. The summed E-state index contributed by atoms with van der Waals surface area (Å²) >= 11 is 11.5. The van der Waals surface area contributed by atoms with Crippen molar-refractivity contribution < 1.29 is 19.8 Å². The molecule has 0 radical (unpaired) electrons. The van der Waals surface area contributed by atoms with Crippen molar-refractivity contribution in [2.24, 2.45) is 5.41 Å². The van der Waals surface area contributed by atoms with E-state index in [0.717, 1.165) is 0 Å². The van der Waals surface area contributed by atoms with Crippen LogP contribution in [0.15, 0.2) is 12.2 Å². The summed E-state index contributed by atoms with van der Waals surface area (Å²) in [5.74, 6) is -2.81. The van der Waals surface area contributed by atoms with Gasteiger partial charge in [0, 0.05) is 0 Å². The van der Waals surface area contributed by atoms with Crippen LogP contribution in [0.5, 0.6) is 0 Å². The molecule has 0 aliphatic rings. The number of aliphatic carboxylic acids is 2. The number of carbonyl (C=O) groups is 2. The third-order valence-electron chi connectivity index (χ3n) is 2.37. The molecule has 0 aliphatic carbocycles. The second-order valence-electron chi connectivity index (χ2n) is 3.19. The highest BCUT2D eigenvalue weighted by Crippen LogP contribution is 2.40. The first-order valence-corrected chi connectivity index (χ1v) is 5.00. The molecule has 2 unspecified atom stereocenters. The largest absolute Gasteiger partial charge is 0.480 e. The quantitative estimate of drug-likeness (QED) is 0.581. The van der Waals surface area contributed by atoms with Gasteiger partial charge in [-0.1, -0.05) is 6.58 Å². The fourth-order valence-corrected chi connectivity index (χ4v) is 2.34. The van der Waals surface area contributed by atoms with E-state index in [0.29, 0.717) is 0 Å². The third-order valence-corrected chi connectivity index (χ3v) is 3.05. The van der Waals surface area contributed by atoms with Crippen molar-refractivity contribution in [1.82, 2.24) is 0 Å². The zero-order chi connectivity index (χ0) is 12.4. The van der Waals surface area contributed by atoms with E-state index in [4.69, 9.17) is 33.4 Å². The van der Waals surface area contributed by atoms with Crippen molar-refractivity contribution >= 4 is 35.1 Å². The average molecular weight is 255 g/mol. The lowest BCUT2D eigenvalue weighted by atomic mass is 9.75. The number of halogens is 2. The van der Waals surface area contributed by atoms with Gasteiger partial charge in [-0.2, -0.15) is 0 Å². The highest BCUT2D eigenvalue weighted by atomic mass is 35.5. The number of rotatable bonds is 5. The van der Waals surface area contributed by atoms with Crippen LogP contribution in [0.25, 0.3) is 0 Å². The molecule has 0 fully saturated rings. The normalized spacial score (nSPS) is 18.7. The van der Waals surface area contributed by atoms with Crippen LogP contribution >= 0.6 is 23.2 Å². The minimum Gasteiger partial charge on any atom is -0.480 e. The van der Waals surface area contributed by atoms with Crippen LogP contribution < -0.4 is 0 Å². The molecular formula is C9H12Cl2O4. The van der Waals surface area contributed by atoms with Gasteiger partial charge in [-0.05, 0) is 13.8 Å². The second kappa shape index (κ2) is 4.86. The predicted molar refractivity (Wildman–Crippen MR) is 57.5 cm³/mol. The Bertz CT molecular complexity index is 288. The molecule has 0 heterocycles. The molecule has 0 aliphatic heterocycles. The molecule has 0 aromatic heterocycles. The fraction of sp³-hybridized carbons (Fsp3) is 0.556. The SMILES string of the molecule is C=C(C(=O)O)C(C(=O)O)(C(C)Cl)C(C)Cl. The van der Waals surface area contributed by atoms with E-state index in [1.807, 2.05) is 0 Å². The molecule has 0 aromatic rings. The van der Waals surface area contributed by atoms with Crippen molar-refractivity contribution in [3.8, 4) is 0 Å². The van der Waals surface area contributed by atoms with Gasteiger partial charge in [-0.25, -0.2) is 4.79 Å². The van der Waals surface area contributed by atoms with Gasteiger partial charge in [0.25, 0.3) is 0 Å². The van der Waals surface area contributed by atoms with E-state index in [1.54, 1.807) is 0 Å². The number of carboxylic acid groups (broad SMARTS) is 2. The van der Waals surface area contributed by atoms with Crippen LogP contribution in [0.2, 0.25) is 0 Å². The van der Waals surface area contributed by atoms with Gasteiger partial charge < -0.3 is 10.2 Å². The van der Waals surface area contributed by atoms with E-state index in [2.05, 4.69) is 6.58 Å². The summed E-state index contributed by atoms with van der Waals surface area (Å²) < 4.78 is 0. The fourth-order valence-electron chi connectivity index (χ4n) is 1.44. The van der Waals surface area contributed by atoms with Crippen LogP contribution in [0.1, 0.15) is 13.8 Å². The molecule has 0 aromatic carbocycles. The van der Waals surface area contributed by atoms with Crippen LogP contribution in [0.3, 0.4) is 0 Å². The van der Waals surface area contributed by atoms with Crippen LogP contribution in [-0.2, 0) is 9.59 Å². The molecule has 4 nitrogen and oxygen atoms in total. The van der Waals surface area contributed by atoms with Crippen LogP contribution in [-0.4, -0.2) is 32.9 Å². The predicted octanol–water partition coefficient (Wildman–Crippen LogP) is 1.95. The molecule has 0 amide bonds. The lowest BCUT2D eigenvalue weighted by Gasteiger charge is -2.34. The number of hydrogen-bond acceptors (Lipinski definition) is 2. The first kappa shape index (κ1) is 14.3. The van der Waals surface area contributed by atoms with Crippen molar-refractivity contribution in [3.05, 3.63) is 12.2 Å². The van der Waals surface area contributed by atoms with Crippen molar-refractivity contribution in [3.63, 3.8) is 0 Å². The Hall–Kier alpha value is -0.740. The summed E-state index contributed by atoms with van der Waals surface area (Å²) in [6.07, 6.45) is 0. The summed E-state index contributed by atoms with van der Waals surface area (Å²) in [4.78, 5) is 21.9. The molecule has 0 saturated carbocycles. The van der Waals surface area contributed by atoms with E-state index >= 15 is 0 Å². The molecule has 15 heavy (non-hydrogen) atoms. The molecule has 0 saturated heterocycles. The molecule has 2 atom stereocenters. The van der Waals surface area contributed by atoms with Gasteiger partial charge in [0.2, 0.25) is 0 Å². The summed E-state index contributed by atoms with van der Waals surface area (Å²) in [5.41, 5.74) is -2.38. The van der Waals surface area contributed by atoms with E-state index in [9.17, 15) is 9.59 Å². The van der Waals surface area contributed by atoms with Gasteiger partial charge in [0.15, 0.2) is 0 Å². The zero-order valence-electron chi connectivity index (χ0n) is 8.33. The van der Waals surface area contributed by atoms with Crippen LogP contribution in [0, 0.1) is 5.41 Å². The minimum absolute atomic E-state index is 0.514. The molecular weight excluding hydrogens is 243 g/mol.